The lowest BCUT2D eigenvalue weighted by molar-refractivity contribution is 0.100. The van der Waals surface area contributed by atoms with Crippen LogP contribution in [0, 0.1) is 18.8 Å². The zero-order chi connectivity index (χ0) is 27.7. The molecule has 2 atom stereocenters. The highest BCUT2D eigenvalue weighted by Gasteiger charge is 2.35. The van der Waals surface area contributed by atoms with Crippen molar-refractivity contribution in [3.05, 3.63) is 52.1 Å². The Morgan fingerprint density at radius 3 is 2.79 bits per heavy atom. The lowest BCUT2D eigenvalue weighted by Crippen LogP contribution is -2.28. The van der Waals surface area contributed by atoms with E-state index in [2.05, 4.69) is 26.6 Å². The predicted octanol–water partition coefficient (Wildman–Crippen LogP) is 3.23. The number of ether oxygens (including phenoxy) is 1. The summed E-state index contributed by atoms with van der Waals surface area (Å²) in [5, 5.41) is 17.9. The molecule has 0 radical (unpaired) electrons. The van der Waals surface area contributed by atoms with E-state index in [0.29, 0.717) is 35.6 Å². The number of aryl methyl sites for hydroxylation is 1. The number of carbonyl (C=O) groups excluding carboxylic acids is 1. The topological polar surface area (TPSA) is 123 Å². The molecule has 5 rings (SSSR count). The number of aromatic nitrogens is 4. The van der Waals surface area contributed by atoms with Crippen LogP contribution in [0.4, 0.5) is 5.82 Å². The molecule has 2 aliphatic rings. The van der Waals surface area contributed by atoms with Crippen molar-refractivity contribution in [3.8, 4) is 11.8 Å². The van der Waals surface area contributed by atoms with Crippen molar-refractivity contribution in [2.45, 2.75) is 51.2 Å². The van der Waals surface area contributed by atoms with Crippen LogP contribution in [-0.2, 0) is 4.74 Å². The molecule has 3 aromatic rings. The molecular formula is C28H34ClN7O3. The van der Waals surface area contributed by atoms with Crippen molar-refractivity contribution in [1.29, 1.82) is 0 Å². The minimum absolute atomic E-state index is 0.0644. The molecule has 1 aromatic carbocycles. The number of carbonyl (C=O) groups is 1. The number of likely N-dealkylation sites (tertiary alicyclic amines) is 1. The summed E-state index contributed by atoms with van der Waals surface area (Å²) < 4.78 is 9.45. The standard InChI is InChI=1S/C28H34ClN7O3/c1-4-10-34-15-20(13-21(34)16-39-3)36-28(31-9-11-37)26(27(30)38)23(33-36)8-5-18-12-24-25(14-22(18)29)35(17(2)32-24)19-6-7-19/h4,10,12,14,19-21,31,37H,6-7,9,11,13,15-16H2,1-3H3,(H2,30,38)/t20-,21+/m0/s1. The van der Waals surface area contributed by atoms with Gasteiger partial charge in [0.25, 0.3) is 5.91 Å². The van der Waals surface area contributed by atoms with Crippen LogP contribution in [0.15, 0.2) is 24.4 Å². The Morgan fingerprint density at radius 2 is 2.13 bits per heavy atom. The van der Waals surface area contributed by atoms with Crippen LogP contribution in [0.1, 0.15) is 65.7 Å². The molecule has 2 fully saturated rings. The summed E-state index contributed by atoms with van der Waals surface area (Å²) in [5.41, 5.74) is 8.71. The highest BCUT2D eigenvalue weighted by Crippen LogP contribution is 2.39. The predicted molar refractivity (Wildman–Crippen MR) is 151 cm³/mol. The maximum absolute atomic E-state index is 12.6. The van der Waals surface area contributed by atoms with Crippen LogP contribution < -0.4 is 11.1 Å². The Labute approximate surface area is 232 Å². The average molecular weight is 552 g/mol. The van der Waals surface area contributed by atoms with Gasteiger partial charge in [-0.2, -0.15) is 5.10 Å². The summed E-state index contributed by atoms with van der Waals surface area (Å²) in [7, 11) is 1.68. The summed E-state index contributed by atoms with van der Waals surface area (Å²) >= 11 is 6.65. The number of allylic oxidation sites excluding steroid dienone is 1. The van der Waals surface area contributed by atoms with Crippen molar-refractivity contribution < 1.29 is 14.6 Å². The van der Waals surface area contributed by atoms with Gasteiger partial charge in [0, 0.05) is 31.8 Å². The number of hydrogen-bond donors (Lipinski definition) is 3. The summed E-state index contributed by atoms with van der Waals surface area (Å²) in [6.45, 7) is 5.32. The Kier molecular flexibility index (Phi) is 7.84. The number of anilines is 1. The van der Waals surface area contributed by atoms with E-state index in [-0.39, 0.29) is 36.5 Å². The van der Waals surface area contributed by atoms with E-state index in [1.54, 1.807) is 11.8 Å². The summed E-state index contributed by atoms with van der Waals surface area (Å²) in [6.07, 6.45) is 7.08. The lowest BCUT2D eigenvalue weighted by Gasteiger charge is -2.21. The third kappa shape index (κ3) is 5.35. The molecule has 11 heteroatoms. The van der Waals surface area contributed by atoms with E-state index < -0.39 is 5.91 Å². The van der Waals surface area contributed by atoms with Gasteiger partial charge < -0.3 is 30.4 Å². The fraction of sp³-hybridized carbons (Fsp3) is 0.464. The van der Waals surface area contributed by atoms with Crippen LogP contribution in [0.25, 0.3) is 11.0 Å². The van der Waals surface area contributed by atoms with Crippen molar-refractivity contribution in [2.24, 2.45) is 5.73 Å². The molecule has 1 aliphatic carbocycles. The number of imidazole rings is 1. The number of hydrogen-bond acceptors (Lipinski definition) is 7. The summed E-state index contributed by atoms with van der Waals surface area (Å²) in [4.78, 5) is 19.6. The van der Waals surface area contributed by atoms with Gasteiger partial charge in [-0.15, -0.1) is 0 Å². The Morgan fingerprint density at radius 1 is 1.33 bits per heavy atom. The molecule has 10 nitrogen and oxygen atoms in total. The molecule has 1 aliphatic heterocycles. The molecule has 3 heterocycles. The van der Waals surface area contributed by atoms with Crippen LogP contribution in [0.2, 0.25) is 5.02 Å². The highest BCUT2D eigenvalue weighted by molar-refractivity contribution is 6.32. The number of aliphatic hydroxyl groups excluding tert-OH is 1. The van der Waals surface area contributed by atoms with Gasteiger partial charge in [-0.1, -0.05) is 23.6 Å². The quantitative estimate of drug-likeness (QED) is 0.349. The van der Waals surface area contributed by atoms with Crippen molar-refractivity contribution in [2.75, 3.05) is 38.7 Å². The molecule has 0 spiro atoms. The van der Waals surface area contributed by atoms with E-state index >= 15 is 0 Å². The van der Waals surface area contributed by atoms with Gasteiger partial charge in [-0.25, -0.2) is 9.67 Å². The smallest absolute Gasteiger partial charge is 0.255 e. The number of nitrogens with zero attached hydrogens (tertiary/aromatic N) is 5. The second-order valence-electron chi connectivity index (χ2n) is 10.0. The van der Waals surface area contributed by atoms with Gasteiger partial charge in [0.05, 0.1) is 41.4 Å². The molecule has 1 amide bonds. The molecule has 1 saturated carbocycles. The first-order chi connectivity index (χ1) is 18.9. The third-order valence-electron chi connectivity index (χ3n) is 7.22. The van der Waals surface area contributed by atoms with Gasteiger partial charge in [0.2, 0.25) is 0 Å². The first-order valence-corrected chi connectivity index (χ1v) is 13.6. The molecular weight excluding hydrogens is 518 g/mol. The zero-order valence-electron chi connectivity index (χ0n) is 22.4. The number of rotatable bonds is 9. The number of primary amides is 1. The number of methoxy groups -OCH3 is 1. The monoisotopic (exact) mass is 551 g/mol. The van der Waals surface area contributed by atoms with E-state index in [1.165, 1.54) is 0 Å². The Balaban J connectivity index is 1.55. The average Bonchev–Trinajstić information content (AvgIpc) is 3.43. The number of benzene rings is 1. The molecule has 206 valence electrons. The van der Waals surface area contributed by atoms with Crippen molar-refractivity contribution in [1.82, 2.24) is 24.2 Å². The number of nitrogens with two attached hydrogens (primary N) is 1. The molecule has 0 bridgehead atoms. The Bertz CT molecular complexity index is 1480. The van der Waals surface area contributed by atoms with E-state index in [1.807, 2.05) is 38.3 Å². The fourth-order valence-electron chi connectivity index (χ4n) is 5.44. The maximum atomic E-state index is 12.6. The molecule has 39 heavy (non-hydrogen) atoms. The van der Waals surface area contributed by atoms with Gasteiger partial charge >= 0.3 is 0 Å². The van der Waals surface area contributed by atoms with E-state index in [9.17, 15) is 9.90 Å². The van der Waals surface area contributed by atoms with Crippen molar-refractivity contribution >= 4 is 34.4 Å². The lowest BCUT2D eigenvalue weighted by atomic mass is 10.1. The molecule has 4 N–H and O–H groups in total. The second kappa shape index (κ2) is 11.3. The summed E-state index contributed by atoms with van der Waals surface area (Å²) in [5.74, 6) is 6.91. The molecule has 2 aromatic heterocycles. The van der Waals surface area contributed by atoms with Crippen LogP contribution in [-0.4, -0.2) is 74.7 Å². The second-order valence-corrected chi connectivity index (χ2v) is 10.4. The summed E-state index contributed by atoms with van der Waals surface area (Å²) in [6, 6.07) is 4.36. The van der Waals surface area contributed by atoms with E-state index in [4.69, 9.17) is 32.2 Å². The largest absolute Gasteiger partial charge is 0.395 e. The van der Waals surface area contributed by atoms with E-state index in [0.717, 1.165) is 36.1 Å². The third-order valence-corrected chi connectivity index (χ3v) is 7.54. The van der Waals surface area contributed by atoms with Gasteiger partial charge in [0.15, 0.2) is 5.69 Å². The fourth-order valence-corrected chi connectivity index (χ4v) is 5.64. The molecule has 1 saturated heterocycles. The minimum Gasteiger partial charge on any atom is -0.395 e. The first kappa shape index (κ1) is 27.1. The van der Waals surface area contributed by atoms with Crippen LogP contribution >= 0.6 is 11.6 Å². The maximum Gasteiger partial charge on any atom is 0.255 e. The number of aliphatic hydroxyl groups is 1. The minimum atomic E-state index is -0.650. The number of halogens is 1. The number of amides is 1. The van der Waals surface area contributed by atoms with Crippen LogP contribution in [0.5, 0.6) is 0 Å². The normalized spacial score (nSPS) is 19.2. The highest BCUT2D eigenvalue weighted by atomic mass is 35.5. The van der Waals surface area contributed by atoms with Gasteiger partial charge in [-0.3, -0.25) is 4.79 Å². The van der Waals surface area contributed by atoms with Crippen LogP contribution in [0.3, 0.4) is 0 Å². The zero-order valence-corrected chi connectivity index (χ0v) is 23.2. The number of nitrogens with one attached hydrogen (secondary N) is 1. The van der Waals surface area contributed by atoms with Crippen molar-refractivity contribution in [3.63, 3.8) is 0 Å². The SMILES string of the molecule is CC=CN1C[C@@H](n2nc(C#Cc3cc4nc(C)n(C5CC5)c4cc3Cl)c(C(N)=O)c2NCCO)C[C@@H]1COC. The Hall–Kier alpha value is -3.52. The number of fused-ring (bicyclic) bond motifs is 1. The molecule has 0 unspecified atom stereocenters. The first-order valence-electron chi connectivity index (χ1n) is 13.2. The van der Waals surface area contributed by atoms with Gasteiger partial charge in [-0.05, 0) is 57.4 Å². The van der Waals surface area contributed by atoms with Gasteiger partial charge in [0.1, 0.15) is 17.2 Å².